The summed E-state index contributed by atoms with van der Waals surface area (Å²) in [6.07, 6.45) is 1.63. The van der Waals surface area contributed by atoms with E-state index in [2.05, 4.69) is 15.5 Å². The zero-order chi connectivity index (χ0) is 21.8. The third-order valence-electron chi connectivity index (χ3n) is 5.07. The fourth-order valence-electron chi connectivity index (χ4n) is 3.23. The average molecular weight is 416 g/mol. The highest BCUT2D eigenvalue weighted by Gasteiger charge is 2.18. The maximum atomic E-state index is 12.6. The van der Waals surface area contributed by atoms with Crippen LogP contribution in [0.2, 0.25) is 0 Å². The molecule has 4 rings (SSSR count). The monoisotopic (exact) mass is 416 g/mol. The Bertz CT molecular complexity index is 1130. The summed E-state index contributed by atoms with van der Waals surface area (Å²) in [6.45, 7) is 2.46. The minimum absolute atomic E-state index is 0.0446. The molecule has 2 aromatic carbocycles. The molecule has 0 aliphatic rings. The normalized spacial score (nSPS) is 12.1. The van der Waals surface area contributed by atoms with E-state index in [1.54, 1.807) is 30.5 Å². The van der Waals surface area contributed by atoms with Gasteiger partial charge in [-0.15, -0.1) is 10.2 Å². The molecule has 7 heteroatoms. The van der Waals surface area contributed by atoms with Crippen LogP contribution in [0.15, 0.2) is 75.8 Å². The Morgan fingerprint density at radius 1 is 0.968 bits per heavy atom. The van der Waals surface area contributed by atoms with Crippen LogP contribution in [0.25, 0.3) is 22.9 Å². The van der Waals surface area contributed by atoms with E-state index in [0.717, 1.165) is 16.9 Å². The minimum Gasteiger partial charge on any atom is -0.468 e. The maximum Gasteiger partial charge on any atom is 0.251 e. The number of aromatic nitrogens is 2. The summed E-state index contributed by atoms with van der Waals surface area (Å²) in [5.41, 5.74) is 3.34. The number of rotatable bonds is 7. The molecule has 0 saturated carbocycles. The van der Waals surface area contributed by atoms with E-state index in [0.29, 0.717) is 23.9 Å². The summed E-state index contributed by atoms with van der Waals surface area (Å²) in [4.78, 5) is 14.6. The molecule has 0 saturated heterocycles. The van der Waals surface area contributed by atoms with Crippen molar-refractivity contribution in [1.82, 2.24) is 20.4 Å². The van der Waals surface area contributed by atoms with Gasteiger partial charge in [0.15, 0.2) is 0 Å². The van der Waals surface area contributed by atoms with E-state index >= 15 is 0 Å². The first kappa shape index (κ1) is 20.6. The highest BCUT2D eigenvalue weighted by Crippen LogP contribution is 2.24. The molecule has 158 valence electrons. The first-order chi connectivity index (χ1) is 15.0. The lowest BCUT2D eigenvalue weighted by molar-refractivity contribution is 0.0939. The van der Waals surface area contributed by atoms with E-state index in [1.165, 1.54) is 5.56 Å². The van der Waals surface area contributed by atoms with Crippen molar-refractivity contribution in [3.05, 3.63) is 83.8 Å². The standard InChI is InChI=1S/C24H24N4O3/c1-16-6-8-18(9-7-16)23-26-27-24(31-23)19-12-10-17(11-13-19)22(29)25-15-20(28(2)3)21-5-4-14-30-21/h4-14,20H,15H2,1-3H3,(H,25,29). The van der Waals surface area contributed by atoms with Crippen molar-refractivity contribution in [2.24, 2.45) is 0 Å². The van der Waals surface area contributed by atoms with Crippen LogP contribution in [0.4, 0.5) is 0 Å². The highest BCUT2D eigenvalue weighted by atomic mass is 16.4. The van der Waals surface area contributed by atoms with Gasteiger partial charge in [0.25, 0.3) is 5.91 Å². The van der Waals surface area contributed by atoms with Crippen LogP contribution < -0.4 is 5.32 Å². The molecule has 0 aliphatic carbocycles. The van der Waals surface area contributed by atoms with Gasteiger partial charge in [0.2, 0.25) is 11.8 Å². The Morgan fingerprint density at radius 3 is 2.13 bits per heavy atom. The predicted molar refractivity (Wildman–Crippen MR) is 117 cm³/mol. The molecule has 1 unspecified atom stereocenters. The van der Waals surface area contributed by atoms with Gasteiger partial charge >= 0.3 is 0 Å². The Hall–Kier alpha value is -3.71. The number of benzene rings is 2. The molecule has 0 bridgehead atoms. The summed E-state index contributed by atoms with van der Waals surface area (Å²) < 4.78 is 11.3. The fraction of sp³-hybridized carbons (Fsp3) is 0.208. The summed E-state index contributed by atoms with van der Waals surface area (Å²) in [5.74, 6) is 1.52. The Labute approximate surface area is 180 Å². The number of nitrogens with one attached hydrogen (secondary N) is 1. The summed E-state index contributed by atoms with van der Waals surface area (Å²) in [5, 5.41) is 11.2. The van der Waals surface area contributed by atoms with Gasteiger partial charge in [-0.25, -0.2) is 0 Å². The molecule has 2 heterocycles. The van der Waals surface area contributed by atoms with Crippen molar-refractivity contribution >= 4 is 5.91 Å². The fourth-order valence-corrected chi connectivity index (χ4v) is 3.23. The molecular formula is C24H24N4O3. The molecular weight excluding hydrogens is 392 g/mol. The van der Waals surface area contributed by atoms with Gasteiger partial charge in [-0.1, -0.05) is 17.7 Å². The van der Waals surface area contributed by atoms with Gasteiger partial charge in [-0.05, 0) is 69.6 Å². The number of hydrogen-bond donors (Lipinski definition) is 1. The van der Waals surface area contributed by atoms with Crippen LogP contribution in [0.1, 0.15) is 27.7 Å². The van der Waals surface area contributed by atoms with Gasteiger partial charge in [-0.3, -0.25) is 9.69 Å². The quantitative estimate of drug-likeness (QED) is 0.483. The first-order valence-electron chi connectivity index (χ1n) is 10.0. The number of nitrogens with zero attached hydrogens (tertiary/aromatic N) is 3. The van der Waals surface area contributed by atoms with Crippen LogP contribution in [0.5, 0.6) is 0 Å². The second-order valence-corrected chi connectivity index (χ2v) is 7.56. The zero-order valence-electron chi connectivity index (χ0n) is 17.7. The SMILES string of the molecule is Cc1ccc(-c2nnc(-c3ccc(C(=O)NCC(c4ccco4)N(C)C)cc3)o2)cc1. The Kier molecular flexibility index (Phi) is 5.95. The van der Waals surface area contributed by atoms with Crippen molar-refractivity contribution in [2.45, 2.75) is 13.0 Å². The second-order valence-electron chi connectivity index (χ2n) is 7.56. The Morgan fingerprint density at radius 2 is 1.58 bits per heavy atom. The summed E-state index contributed by atoms with van der Waals surface area (Å²) >= 11 is 0. The van der Waals surface area contributed by atoms with Crippen LogP contribution in [-0.4, -0.2) is 41.6 Å². The molecule has 0 fully saturated rings. The number of likely N-dealkylation sites (N-methyl/N-ethyl adjacent to an activating group) is 1. The molecule has 1 amide bonds. The summed E-state index contributed by atoms with van der Waals surface area (Å²) in [6, 6.07) is 18.7. The van der Waals surface area contributed by atoms with E-state index in [9.17, 15) is 4.79 Å². The van der Waals surface area contributed by atoms with Crippen molar-refractivity contribution < 1.29 is 13.6 Å². The van der Waals surface area contributed by atoms with E-state index in [4.69, 9.17) is 8.83 Å². The molecule has 1 atom stereocenters. The molecule has 31 heavy (non-hydrogen) atoms. The molecule has 4 aromatic rings. The molecule has 0 spiro atoms. The topological polar surface area (TPSA) is 84.4 Å². The highest BCUT2D eigenvalue weighted by molar-refractivity contribution is 5.94. The van der Waals surface area contributed by atoms with Crippen LogP contribution >= 0.6 is 0 Å². The molecule has 2 aromatic heterocycles. The third kappa shape index (κ3) is 4.73. The van der Waals surface area contributed by atoms with Gasteiger partial charge in [0.05, 0.1) is 12.3 Å². The zero-order valence-corrected chi connectivity index (χ0v) is 17.7. The number of carbonyl (C=O) groups excluding carboxylic acids is 1. The van der Waals surface area contributed by atoms with Crippen molar-refractivity contribution in [3.8, 4) is 22.9 Å². The second kappa shape index (κ2) is 8.97. The maximum absolute atomic E-state index is 12.6. The van der Waals surface area contributed by atoms with E-state index in [1.807, 2.05) is 62.3 Å². The van der Waals surface area contributed by atoms with Gasteiger partial charge in [-0.2, -0.15) is 0 Å². The summed E-state index contributed by atoms with van der Waals surface area (Å²) in [7, 11) is 3.90. The first-order valence-corrected chi connectivity index (χ1v) is 10.0. The van der Waals surface area contributed by atoms with Crippen LogP contribution in [0, 0.1) is 6.92 Å². The van der Waals surface area contributed by atoms with Gasteiger partial charge in [0, 0.05) is 23.2 Å². The Balaban J connectivity index is 1.42. The minimum atomic E-state index is -0.157. The largest absolute Gasteiger partial charge is 0.468 e. The lowest BCUT2D eigenvalue weighted by Crippen LogP contribution is -2.34. The number of amides is 1. The molecule has 0 aliphatic heterocycles. The predicted octanol–water partition coefficient (Wildman–Crippen LogP) is 4.34. The van der Waals surface area contributed by atoms with Crippen LogP contribution in [-0.2, 0) is 0 Å². The van der Waals surface area contributed by atoms with Crippen molar-refractivity contribution in [2.75, 3.05) is 20.6 Å². The van der Waals surface area contributed by atoms with Crippen molar-refractivity contribution in [1.29, 1.82) is 0 Å². The molecule has 1 N–H and O–H groups in total. The van der Waals surface area contributed by atoms with Gasteiger partial charge in [0.1, 0.15) is 5.76 Å². The number of furan rings is 1. The number of carbonyl (C=O) groups is 1. The number of aryl methyl sites for hydroxylation is 1. The van der Waals surface area contributed by atoms with E-state index < -0.39 is 0 Å². The third-order valence-corrected chi connectivity index (χ3v) is 5.07. The average Bonchev–Trinajstić information content (AvgIpc) is 3.47. The molecule has 0 radical (unpaired) electrons. The lowest BCUT2D eigenvalue weighted by atomic mass is 10.1. The smallest absolute Gasteiger partial charge is 0.251 e. The van der Waals surface area contributed by atoms with Crippen molar-refractivity contribution in [3.63, 3.8) is 0 Å². The number of hydrogen-bond acceptors (Lipinski definition) is 6. The lowest BCUT2D eigenvalue weighted by Gasteiger charge is -2.22. The van der Waals surface area contributed by atoms with E-state index in [-0.39, 0.29) is 11.9 Å². The van der Waals surface area contributed by atoms with Gasteiger partial charge < -0.3 is 14.2 Å². The van der Waals surface area contributed by atoms with Crippen LogP contribution in [0.3, 0.4) is 0 Å². The molecule has 7 nitrogen and oxygen atoms in total.